The van der Waals surface area contributed by atoms with Crippen LogP contribution in [-0.2, 0) is 4.79 Å². The lowest BCUT2D eigenvalue weighted by molar-refractivity contribution is -0.118. The minimum atomic E-state index is -0.0281. The molecule has 0 amide bonds. The summed E-state index contributed by atoms with van der Waals surface area (Å²) < 4.78 is 0. The number of unbranched alkanes of at least 4 members (excludes halogenated alkanes) is 2. The predicted octanol–water partition coefficient (Wildman–Crippen LogP) is 3.78. The molecule has 16 heavy (non-hydrogen) atoms. The van der Waals surface area contributed by atoms with Crippen LogP contribution in [0.1, 0.15) is 53.6 Å². The van der Waals surface area contributed by atoms with Gasteiger partial charge in [0.05, 0.1) is 11.3 Å². The van der Waals surface area contributed by atoms with Crippen LogP contribution >= 0.6 is 11.3 Å². The molecule has 0 radical (unpaired) electrons. The number of carbonyl (C=O) groups is 2. The lowest BCUT2D eigenvalue weighted by atomic mass is 10.1. The molecule has 1 aromatic rings. The second kappa shape index (κ2) is 6.59. The molecule has 0 unspecified atom stereocenters. The topological polar surface area (TPSA) is 34.1 Å². The summed E-state index contributed by atoms with van der Waals surface area (Å²) in [5.74, 6) is 0.0455. The first kappa shape index (κ1) is 13.1. The Morgan fingerprint density at radius 3 is 2.56 bits per heavy atom. The van der Waals surface area contributed by atoms with Crippen molar-refractivity contribution in [1.82, 2.24) is 0 Å². The maximum Gasteiger partial charge on any atom is 0.180 e. The van der Waals surface area contributed by atoms with Crippen LogP contribution in [0.15, 0.2) is 12.1 Å². The van der Waals surface area contributed by atoms with Gasteiger partial charge in [0.15, 0.2) is 5.78 Å². The van der Waals surface area contributed by atoms with E-state index in [0.29, 0.717) is 11.3 Å². The predicted molar refractivity (Wildman–Crippen MR) is 67.2 cm³/mol. The largest absolute Gasteiger partial charge is 0.299 e. The first-order valence-corrected chi connectivity index (χ1v) is 6.56. The van der Waals surface area contributed by atoms with Crippen LogP contribution < -0.4 is 0 Å². The van der Waals surface area contributed by atoms with Gasteiger partial charge in [0.25, 0.3) is 0 Å². The molecule has 0 aliphatic heterocycles. The SMILES string of the molecule is CCCCCC(=O)CC(=O)c1ccc(C)s1. The zero-order valence-electron chi connectivity index (χ0n) is 9.91. The Morgan fingerprint density at radius 2 is 2.00 bits per heavy atom. The van der Waals surface area contributed by atoms with Crippen molar-refractivity contribution in [3.05, 3.63) is 21.9 Å². The molecule has 2 nitrogen and oxygen atoms in total. The average Bonchev–Trinajstić information content (AvgIpc) is 2.65. The van der Waals surface area contributed by atoms with E-state index in [1.54, 1.807) is 0 Å². The van der Waals surface area contributed by atoms with Crippen molar-refractivity contribution in [1.29, 1.82) is 0 Å². The monoisotopic (exact) mass is 238 g/mol. The van der Waals surface area contributed by atoms with E-state index < -0.39 is 0 Å². The molecule has 0 N–H and O–H groups in total. The van der Waals surface area contributed by atoms with Crippen LogP contribution in [0.25, 0.3) is 0 Å². The second-order valence-electron chi connectivity index (χ2n) is 4.01. The van der Waals surface area contributed by atoms with Crippen molar-refractivity contribution >= 4 is 22.9 Å². The van der Waals surface area contributed by atoms with Crippen molar-refractivity contribution in [3.63, 3.8) is 0 Å². The van der Waals surface area contributed by atoms with E-state index in [1.807, 2.05) is 19.1 Å². The molecule has 1 heterocycles. The average molecular weight is 238 g/mol. The third kappa shape index (κ3) is 4.27. The highest BCUT2D eigenvalue weighted by Gasteiger charge is 2.12. The van der Waals surface area contributed by atoms with Gasteiger partial charge >= 0.3 is 0 Å². The van der Waals surface area contributed by atoms with Crippen molar-refractivity contribution in [3.8, 4) is 0 Å². The Balaban J connectivity index is 2.37. The zero-order chi connectivity index (χ0) is 12.0. The number of aryl methyl sites for hydroxylation is 1. The van der Waals surface area contributed by atoms with Gasteiger partial charge in [0.2, 0.25) is 0 Å². The minimum absolute atomic E-state index is 0.0281. The number of thiophene rings is 1. The van der Waals surface area contributed by atoms with E-state index in [0.717, 1.165) is 24.1 Å². The smallest absolute Gasteiger partial charge is 0.180 e. The molecule has 0 aliphatic carbocycles. The Labute approximate surface area is 101 Å². The molecule has 0 aliphatic rings. The summed E-state index contributed by atoms with van der Waals surface area (Å²) in [5.41, 5.74) is 0. The Kier molecular flexibility index (Phi) is 5.39. The summed E-state index contributed by atoms with van der Waals surface area (Å²) in [4.78, 5) is 25.0. The molecule has 0 atom stereocenters. The summed E-state index contributed by atoms with van der Waals surface area (Å²) in [5, 5.41) is 0. The normalized spacial score (nSPS) is 10.4. The molecule has 0 saturated heterocycles. The van der Waals surface area contributed by atoms with Gasteiger partial charge in [-0.3, -0.25) is 9.59 Å². The van der Waals surface area contributed by atoms with Crippen molar-refractivity contribution in [2.24, 2.45) is 0 Å². The van der Waals surface area contributed by atoms with Gasteiger partial charge < -0.3 is 0 Å². The molecule has 0 bridgehead atoms. The fraction of sp³-hybridized carbons (Fsp3) is 0.538. The highest BCUT2D eigenvalue weighted by Crippen LogP contribution is 2.17. The molecular weight excluding hydrogens is 220 g/mol. The van der Waals surface area contributed by atoms with Gasteiger partial charge in [0, 0.05) is 11.3 Å². The lowest BCUT2D eigenvalue weighted by Gasteiger charge is -1.98. The molecular formula is C13H18O2S. The van der Waals surface area contributed by atoms with Crippen LogP contribution in [0.4, 0.5) is 0 Å². The first-order chi connectivity index (χ1) is 7.63. The minimum Gasteiger partial charge on any atom is -0.299 e. The standard InChI is InChI=1S/C13H18O2S/c1-3-4-5-6-11(14)9-12(15)13-8-7-10(2)16-13/h7-8H,3-6,9H2,1-2H3. The van der Waals surface area contributed by atoms with Gasteiger partial charge in [-0.1, -0.05) is 19.8 Å². The maximum atomic E-state index is 11.7. The van der Waals surface area contributed by atoms with Gasteiger partial charge in [-0.05, 0) is 25.5 Å². The Bertz CT molecular complexity index is 366. The van der Waals surface area contributed by atoms with E-state index in [4.69, 9.17) is 0 Å². The molecule has 0 fully saturated rings. The van der Waals surface area contributed by atoms with E-state index >= 15 is 0 Å². The summed E-state index contributed by atoms with van der Waals surface area (Å²) in [6, 6.07) is 3.72. The van der Waals surface area contributed by atoms with E-state index in [9.17, 15) is 9.59 Å². The number of ketones is 2. The van der Waals surface area contributed by atoms with E-state index in [2.05, 4.69) is 6.92 Å². The summed E-state index contributed by atoms with van der Waals surface area (Å²) in [7, 11) is 0. The van der Waals surface area contributed by atoms with E-state index in [-0.39, 0.29) is 18.0 Å². The van der Waals surface area contributed by atoms with Gasteiger partial charge in [-0.25, -0.2) is 0 Å². The van der Waals surface area contributed by atoms with Crippen LogP contribution in [0.3, 0.4) is 0 Å². The Morgan fingerprint density at radius 1 is 1.25 bits per heavy atom. The third-order valence-corrected chi connectivity index (χ3v) is 3.47. The zero-order valence-corrected chi connectivity index (χ0v) is 10.7. The second-order valence-corrected chi connectivity index (χ2v) is 5.29. The van der Waals surface area contributed by atoms with Crippen LogP contribution in [0.2, 0.25) is 0 Å². The van der Waals surface area contributed by atoms with Crippen LogP contribution in [-0.4, -0.2) is 11.6 Å². The van der Waals surface area contributed by atoms with E-state index in [1.165, 1.54) is 11.3 Å². The lowest BCUT2D eigenvalue weighted by Crippen LogP contribution is -2.06. The number of Topliss-reactive ketones (excluding diaryl/α,β-unsaturated/α-hetero) is 2. The number of hydrogen-bond acceptors (Lipinski definition) is 3. The van der Waals surface area contributed by atoms with Crippen molar-refractivity contribution in [2.75, 3.05) is 0 Å². The number of hydrogen-bond donors (Lipinski definition) is 0. The summed E-state index contributed by atoms with van der Waals surface area (Å²) >= 11 is 1.46. The highest BCUT2D eigenvalue weighted by atomic mass is 32.1. The van der Waals surface area contributed by atoms with Crippen molar-refractivity contribution < 1.29 is 9.59 Å². The molecule has 0 spiro atoms. The summed E-state index contributed by atoms with van der Waals surface area (Å²) in [6.07, 6.45) is 3.70. The molecule has 1 rings (SSSR count). The van der Waals surface area contributed by atoms with Gasteiger partial charge in [0.1, 0.15) is 5.78 Å². The fourth-order valence-electron chi connectivity index (χ4n) is 1.51. The maximum absolute atomic E-state index is 11.7. The molecule has 3 heteroatoms. The van der Waals surface area contributed by atoms with Crippen LogP contribution in [0.5, 0.6) is 0 Å². The third-order valence-electron chi connectivity index (χ3n) is 2.43. The number of carbonyl (C=O) groups excluding carboxylic acids is 2. The van der Waals surface area contributed by atoms with Crippen LogP contribution in [0, 0.1) is 6.92 Å². The molecule has 0 aromatic carbocycles. The van der Waals surface area contributed by atoms with Gasteiger partial charge in [-0.15, -0.1) is 11.3 Å². The quantitative estimate of drug-likeness (QED) is 0.411. The fourth-order valence-corrected chi connectivity index (χ4v) is 2.32. The molecule has 0 saturated carbocycles. The summed E-state index contributed by atoms with van der Waals surface area (Å²) in [6.45, 7) is 4.06. The Hall–Kier alpha value is -0.960. The first-order valence-electron chi connectivity index (χ1n) is 5.74. The van der Waals surface area contributed by atoms with Crippen molar-refractivity contribution in [2.45, 2.75) is 46.0 Å². The molecule has 88 valence electrons. The molecule has 1 aromatic heterocycles. The highest BCUT2D eigenvalue weighted by molar-refractivity contribution is 7.14. The van der Waals surface area contributed by atoms with Gasteiger partial charge in [-0.2, -0.15) is 0 Å². The number of rotatable bonds is 7.